The Morgan fingerprint density at radius 1 is 0.773 bits per heavy atom. The van der Waals surface area contributed by atoms with Crippen LogP contribution in [-0.4, -0.2) is 50.3 Å². The molecule has 4 heteroatoms. The van der Waals surface area contributed by atoms with Crippen molar-refractivity contribution in [2.45, 2.75) is 75.5 Å². The largest absolute Gasteiger partial charge is 0.313 e. The summed E-state index contributed by atoms with van der Waals surface area (Å²) in [7, 11) is 0. The van der Waals surface area contributed by atoms with Crippen LogP contribution in [-0.2, 0) is 0 Å². The fourth-order valence-corrected chi connectivity index (χ4v) is 4.12. The zero-order chi connectivity index (χ0) is 15.0. The van der Waals surface area contributed by atoms with Gasteiger partial charge in [0, 0.05) is 43.8 Å². The van der Waals surface area contributed by atoms with E-state index in [0.717, 1.165) is 19.6 Å². The van der Waals surface area contributed by atoms with Crippen LogP contribution in [0.15, 0.2) is 12.2 Å². The van der Waals surface area contributed by atoms with Gasteiger partial charge in [-0.1, -0.05) is 31.4 Å². The summed E-state index contributed by atoms with van der Waals surface area (Å²) in [6, 6.07) is 2.63. The van der Waals surface area contributed by atoms with Crippen molar-refractivity contribution >= 4 is 0 Å². The van der Waals surface area contributed by atoms with Crippen LogP contribution in [0.25, 0.3) is 0 Å². The van der Waals surface area contributed by atoms with Gasteiger partial charge < -0.3 is 21.3 Å². The van der Waals surface area contributed by atoms with E-state index in [0.29, 0.717) is 24.2 Å². The third-order valence-corrected chi connectivity index (χ3v) is 5.54. The first-order chi connectivity index (χ1) is 10.9. The van der Waals surface area contributed by atoms with Gasteiger partial charge in [-0.3, -0.25) is 0 Å². The molecule has 0 bridgehead atoms. The van der Waals surface area contributed by atoms with E-state index in [1.54, 1.807) is 0 Å². The van der Waals surface area contributed by atoms with Crippen LogP contribution in [0.4, 0.5) is 0 Å². The predicted molar refractivity (Wildman–Crippen MR) is 93.2 cm³/mol. The van der Waals surface area contributed by atoms with E-state index < -0.39 is 0 Å². The van der Waals surface area contributed by atoms with Crippen LogP contribution in [0.1, 0.15) is 51.4 Å². The molecule has 126 valence electrons. The highest BCUT2D eigenvalue weighted by Crippen LogP contribution is 2.19. The maximum Gasteiger partial charge on any atom is 0.0230 e. The van der Waals surface area contributed by atoms with Crippen LogP contribution in [0.3, 0.4) is 0 Å². The maximum atomic E-state index is 3.87. The Kier molecular flexibility index (Phi) is 6.74. The first kappa shape index (κ1) is 16.4. The van der Waals surface area contributed by atoms with Crippen LogP contribution < -0.4 is 21.3 Å². The summed E-state index contributed by atoms with van der Waals surface area (Å²) in [6.07, 6.45) is 15.3. The Morgan fingerprint density at radius 3 is 2.14 bits per heavy atom. The summed E-state index contributed by atoms with van der Waals surface area (Å²) in [5.41, 5.74) is 0. The van der Waals surface area contributed by atoms with E-state index in [2.05, 4.69) is 33.4 Å². The molecule has 22 heavy (non-hydrogen) atoms. The second kappa shape index (κ2) is 9.02. The van der Waals surface area contributed by atoms with E-state index in [-0.39, 0.29) is 0 Å². The van der Waals surface area contributed by atoms with Crippen molar-refractivity contribution in [2.75, 3.05) is 26.2 Å². The second-order valence-electron chi connectivity index (χ2n) is 7.27. The van der Waals surface area contributed by atoms with Crippen LogP contribution >= 0.6 is 0 Å². The van der Waals surface area contributed by atoms with Gasteiger partial charge in [-0.25, -0.2) is 0 Å². The van der Waals surface area contributed by atoms with Crippen molar-refractivity contribution in [1.29, 1.82) is 0 Å². The molecule has 2 aliphatic heterocycles. The lowest BCUT2D eigenvalue weighted by Crippen LogP contribution is -2.55. The maximum absolute atomic E-state index is 3.87. The molecule has 1 saturated carbocycles. The summed E-state index contributed by atoms with van der Waals surface area (Å²) in [6.45, 7) is 4.49. The Hall–Kier alpha value is -0.420. The van der Waals surface area contributed by atoms with Crippen molar-refractivity contribution in [3.8, 4) is 0 Å². The summed E-state index contributed by atoms with van der Waals surface area (Å²) >= 11 is 0. The number of nitrogens with one attached hydrogen (secondary N) is 4. The first-order valence-corrected chi connectivity index (χ1v) is 9.50. The lowest BCUT2D eigenvalue weighted by atomic mass is 9.89. The smallest absolute Gasteiger partial charge is 0.0230 e. The van der Waals surface area contributed by atoms with Gasteiger partial charge in [0.25, 0.3) is 0 Å². The van der Waals surface area contributed by atoms with Crippen molar-refractivity contribution in [3.63, 3.8) is 0 Å². The van der Waals surface area contributed by atoms with Crippen LogP contribution in [0.2, 0.25) is 0 Å². The van der Waals surface area contributed by atoms with E-state index >= 15 is 0 Å². The number of hydrogen-bond acceptors (Lipinski definition) is 4. The first-order valence-electron chi connectivity index (χ1n) is 9.50. The Morgan fingerprint density at radius 2 is 1.50 bits per heavy atom. The molecule has 3 aliphatic rings. The minimum atomic E-state index is 0.618. The average molecular weight is 306 g/mol. The summed E-state index contributed by atoms with van der Waals surface area (Å²) < 4.78 is 0. The summed E-state index contributed by atoms with van der Waals surface area (Å²) in [4.78, 5) is 0. The SMILES string of the molecule is C1=CCC(CNC2CCCCC2NCC2CCCCN2)NC1. The van der Waals surface area contributed by atoms with Gasteiger partial charge in [-0.05, 0) is 38.6 Å². The van der Waals surface area contributed by atoms with Crippen molar-refractivity contribution in [3.05, 3.63) is 12.2 Å². The third-order valence-electron chi connectivity index (χ3n) is 5.54. The van der Waals surface area contributed by atoms with Gasteiger partial charge in [-0.2, -0.15) is 0 Å². The molecule has 2 heterocycles. The highest BCUT2D eigenvalue weighted by atomic mass is 15.1. The molecule has 0 spiro atoms. The molecule has 1 aliphatic carbocycles. The Balaban J connectivity index is 1.40. The fraction of sp³-hybridized carbons (Fsp3) is 0.889. The topological polar surface area (TPSA) is 48.1 Å². The molecular formula is C18H34N4. The normalized spacial score (nSPS) is 36.4. The molecule has 2 fully saturated rings. The molecule has 0 radical (unpaired) electrons. The molecule has 0 aromatic rings. The van der Waals surface area contributed by atoms with Crippen molar-refractivity contribution in [2.24, 2.45) is 0 Å². The zero-order valence-corrected chi connectivity index (χ0v) is 13.9. The fourth-order valence-electron chi connectivity index (χ4n) is 4.12. The van der Waals surface area contributed by atoms with Crippen LogP contribution in [0, 0.1) is 0 Å². The Labute approximate surface area is 135 Å². The van der Waals surface area contributed by atoms with Crippen molar-refractivity contribution < 1.29 is 0 Å². The Bertz CT molecular complexity index is 338. The van der Waals surface area contributed by atoms with Gasteiger partial charge in [-0.15, -0.1) is 0 Å². The van der Waals surface area contributed by atoms with Gasteiger partial charge in [0.05, 0.1) is 0 Å². The van der Waals surface area contributed by atoms with Gasteiger partial charge in [0.1, 0.15) is 0 Å². The summed E-state index contributed by atoms with van der Waals surface area (Å²) in [5.74, 6) is 0. The van der Waals surface area contributed by atoms with Gasteiger partial charge >= 0.3 is 0 Å². The lowest BCUT2D eigenvalue weighted by molar-refractivity contribution is 0.261. The molecule has 0 amide bonds. The second-order valence-corrected chi connectivity index (χ2v) is 7.27. The lowest BCUT2D eigenvalue weighted by Gasteiger charge is -2.36. The standard InChI is InChI=1S/C18H34N4/c1-2-10-18(22-14-16-8-4-6-12-20-16)17(9-1)21-13-15-7-3-5-11-19-15/h3,5,15-22H,1-2,4,6-14H2. The quantitative estimate of drug-likeness (QED) is 0.562. The van der Waals surface area contributed by atoms with Crippen LogP contribution in [0.5, 0.6) is 0 Å². The summed E-state index contributed by atoms with van der Waals surface area (Å²) in [5, 5.41) is 15.0. The molecule has 4 unspecified atom stereocenters. The van der Waals surface area contributed by atoms with E-state index in [9.17, 15) is 0 Å². The molecule has 1 saturated heterocycles. The molecular weight excluding hydrogens is 272 g/mol. The third kappa shape index (κ3) is 5.05. The predicted octanol–water partition coefficient (Wildman–Crippen LogP) is 1.54. The minimum Gasteiger partial charge on any atom is -0.313 e. The minimum absolute atomic E-state index is 0.618. The molecule has 4 nitrogen and oxygen atoms in total. The van der Waals surface area contributed by atoms with E-state index in [1.807, 2.05) is 0 Å². The highest BCUT2D eigenvalue weighted by Gasteiger charge is 2.26. The molecule has 3 rings (SSSR count). The van der Waals surface area contributed by atoms with E-state index in [1.165, 1.54) is 57.9 Å². The number of hydrogen-bond donors (Lipinski definition) is 4. The number of rotatable bonds is 6. The molecule has 0 aromatic heterocycles. The molecule has 4 atom stereocenters. The van der Waals surface area contributed by atoms with Gasteiger partial charge in [0.2, 0.25) is 0 Å². The highest BCUT2D eigenvalue weighted by molar-refractivity contribution is 4.96. The molecule has 0 aromatic carbocycles. The van der Waals surface area contributed by atoms with Crippen molar-refractivity contribution in [1.82, 2.24) is 21.3 Å². The van der Waals surface area contributed by atoms with Gasteiger partial charge in [0.15, 0.2) is 0 Å². The van der Waals surface area contributed by atoms with E-state index in [4.69, 9.17) is 0 Å². The monoisotopic (exact) mass is 306 g/mol. The zero-order valence-electron chi connectivity index (χ0n) is 13.9. The number of piperidine rings is 1. The average Bonchev–Trinajstić information content (AvgIpc) is 2.61. The molecule has 4 N–H and O–H groups in total.